The maximum Gasteiger partial charge on any atom is 0.310 e. The van der Waals surface area contributed by atoms with E-state index in [4.69, 9.17) is 4.74 Å². The van der Waals surface area contributed by atoms with Crippen LogP contribution in [0.3, 0.4) is 0 Å². The Morgan fingerprint density at radius 2 is 2.31 bits per heavy atom. The van der Waals surface area contributed by atoms with Crippen LogP contribution >= 0.6 is 15.9 Å². The highest BCUT2D eigenvalue weighted by Crippen LogP contribution is 2.24. The minimum Gasteiger partial charge on any atom is -0.466 e. The van der Waals surface area contributed by atoms with Crippen LogP contribution in [-0.4, -0.2) is 17.6 Å². The Bertz CT molecular complexity index is 385. The molecule has 0 spiro atoms. The first kappa shape index (κ1) is 13.0. The summed E-state index contributed by atoms with van der Waals surface area (Å²) in [5.74, 6) is -0.525. The smallest absolute Gasteiger partial charge is 0.310 e. The van der Waals surface area contributed by atoms with Gasteiger partial charge in [0.1, 0.15) is 4.60 Å². The number of alkyl halides is 2. The number of pyridine rings is 1. The molecule has 1 heterocycles. The molecule has 0 N–H and O–H groups in total. The van der Waals surface area contributed by atoms with Crippen molar-refractivity contribution in [1.29, 1.82) is 0 Å². The van der Waals surface area contributed by atoms with Gasteiger partial charge in [-0.05, 0) is 34.5 Å². The van der Waals surface area contributed by atoms with E-state index < -0.39 is 12.4 Å². The van der Waals surface area contributed by atoms with Gasteiger partial charge in [-0.2, -0.15) is 0 Å². The fourth-order valence-corrected chi connectivity index (χ4v) is 1.57. The standard InChI is InChI=1S/C10H10BrF2NO2/c1-2-16-9(15)4-6-3-8(11)14-5-7(6)10(12)13/h3,5,10H,2,4H2,1H3. The zero-order valence-electron chi connectivity index (χ0n) is 8.54. The maximum absolute atomic E-state index is 12.6. The Kier molecular flexibility index (Phi) is 4.79. The first-order valence-corrected chi connectivity index (χ1v) is 5.42. The second-order valence-electron chi connectivity index (χ2n) is 2.99. The number of rotatable bonds is 4. The van der Waals surface area contributed by atoms with E-state index in [0.717, 1.165) is 6.20 Å². The van der Waals surface area contributed by atoms with Crippen LogP contribution in [0.1, 0.15) is 24.5 Å². The number of carbonyl (C=O) groups is 1. The molecule has 6 heteroatoms. The van der Waals surface area contributed by atoms with E-state index in [-0.39, 0.29) is 24.2 Å². The first-order valence-electron chi connectivity index (χ1n) is 4.62. The molecule has 0 radical (unpaired) electrons. The van der Waals surface area contributed by atoms with Gasteiger partial charge in [0.15, 0.2) is 0 Å². The lowest BCUT2D eigenvalue weighted by atomic mass is 10.1. The molecule has 3 nitrogen and oxygen atoms in total. The lowest BCUT2D eigenvalue weighted by molar-refractivity contribution is -0.142. The van der Waals surface area contributed by atoms with Crippen LogP contribution in [0.15, 0.2) is 16.9 Å². The van der Waals surface area contributed by atoms with Crippen LogP contribution in [0.5, 0.6) is 0 Å². The Balaban J connectivity index is 2.92. The highest BCUT2D eigenvalue weighted by molar-refractivity contribution is 9.10. The van der Waals surface area contributed by atoms with Crippen molar-refractivity contribution >= 4 is 21.9 Å². The van der Waals surface area contributed by atoms with Gasteiger partial charge in [0.25, 0.3) is 6.43 Å². The zero-order chi connectivity index (χ0) is 12.1. The predicted octanol–water partition coefficient (Wildman–Crippen LogP) is 2.89. The van der Waals surface area contributed by atoms with E-state index in [0.29, 0.717) is 4.60 Å². The number of halogens is 3. The molecule has 0 atom stereocenters. The molecule has 1 aromatic rings. The molecule has 0 bridgehead atoms. The third kappa shape index (κ3) is 3.52. The summed E-state index contributed by atoms with van der Waals surface area (Å²) in [4.78, 5) is 14.9. The molecule has 1 aromatic heterocycles. The lowest BCUT2D eigenvalue weighted by Crippen LogP contribution is -2.10. The van der Waals surface area contributed by atoms with Crippen LogP contribution < -0.4 is 0 Å². The van der Waals surface area contributed by atoms with Gasteiger partial charge < -0.3 is 4.74 Å². The predicted molar refractivity (Wildman–Crippen MR) is 57.2 cm³/mol. The number of esters is 1. The van der Waals surface area contributed by atoms with Crippen molar-refractivity contribution in [1.82, 2.24) is 4.98 Å². The molecule has 0 aromatic carbocycles. The monoisotopic (exact) mass is 293 g/mol. The van der Waals surface area contributed by atoms with Gasteiger partial charge in [-0.1, -0.05) is 0 Å². The molecule has 0 aliphatic heterocycles. The minimum atomic E-state index is -2.65. The molecule has 0 aliphatic carbocycles. The van der Waals surface area contributed by atoms with E-state index in [9.17, 15) is 13.6 Å². The zero-order valence-corrected chi connectivity index (χ0v) is 10.1. The van der Waals surface area contributed by atoms with Crippen molar-refractivity contribution < 1.29 is 18.3 Å². The molecule has 16 heavy (non-hydrogen) atoms. The Morgan fingerprint density at radius 1 is 1.62 bits per heavy atom. The lowest BCUT2D eigenvalue weighted by Gasteiger charge is -2.08. The number of hydrogen-bond donors (Lipinski definition) is 0. The summed E-state index contributed by atoms with van der Waals surface area (Å²) in [6.45, 7) is 1.89. The van der Waals surface area contributed by atoms with Crippen molar-refractivity contribution in [2.24, 2.45) is 0 Å². The molecule has 0 amide bonds. The summed E-state index contributed by atoms with van der Waals surface area (Å²) in [7, 11) is 0. The van der Waals surface area contributed by atoms with Crippen molar-refractivity contribution in [2.75, 3.05) is 6.61 Å². The van der Waals surface area contributed by atoms with E-state index in [2.05, 4.69) is 20.9 Å². The number of carbonyl (C=O) groups excluding carboxylic acids is 1. The van der Waals surface area contributed by atoms with Crippen LogP contribution in [0.2, 0.25) is 0 Å². The summed E-state index contributed by atoms with van der Waals surface area (Å²) in [5.41, 5.74) is -0.00780. The molecule has 0 saturated heterocycles. The third-order valence-corrected chi connectivity index (χ3v) is 2.30. The van der Waals surface area contributed by atoms with Crippen molar-refractivity contribution in [3.05, 3.63) is 28.0 Å². The highest BCUT2D eigenvalue weighted by atomic mass is 79.9. The molecule has 0 saturated carbocycles. The second-order valence-corrected chi connectivity index (χ2v) is 3.80. The topological polar surface area (TPSA) is 39.2 Å². The van der Waals surface area contributed by atoms with Gasteiger partial charge in [0.2, 0.25) is 0 Å². The van der Waals surface area contributed by atoms with Crippen LogP contribution in [-0.2, 0) is 16.0 Å². The molecule has 1 rings (SSSR count). The van der Waals surface area contributed by atoms with Crippen molar-refractivity contribution in [2.45, 2.75) is 19.8 Å². The molecular weight excluding hydrogens is 284 g/mol. The highest BCUT2D eigenvalue weighted by Gasteiger charge is 2.16. The van der Waals surface area contributed by atoms with Gasteiger partial charge in [-0.3, -0.25) is 4.79 Å². The van der Waals surface area contributed by atoms with E-state index in [1.165, 1.54) is 6.07 Å². The second kappa shape index (κ2) is 5.89. The van der Waals surface area contributed by atoms with Gasteiger partial charge in [-0.25, -0.2) is 13.8 Å². The largest absolute Gasteiger partial charge is 0.466 e. The molecule has 0 unspecified atom stereocenters. The summed E-state index contributed by atoms with van der Waals surface area (Å²) in [5, 5.41) is 0. The van der Waals surface area contributed by atoms with Crippen LogP contribution in [0.25, 0.3) is 0 Å². The average Bonchev–Trinajstić information content (AvgIpc) is 2.17. The van der Waals surface area contributed by atoms with Gasteiger partial charge in [0.05, 0.1) is 13.0 Å². The van der Waals surface area contributed by atoms with Crippen molar-refractivity contribution in [3.8, 4) is 0 Å². The van der Waals surface area contributed by atoms with Gasteiger partial charge in [0, 0.05) is 11.8 Å². The van der Waals surface area contributed by atoms with E-state index >= 15 is 0 Å². The Morgan fingerprint density at radius 3 is 2.88 bits per heavy atom. The number of hydrogen-bond acceptors (Lipinski definition) is 3. The van der Waals surface area contributed by atoms with Crippen molar-refractivity contribution in [3.63, 3.8) is 0 Å². The summed E-state index contributed by atoms with van der Waals surface area (Å²) in [6.07, 6.45) is -1.76. The molecule has 88 valence electrons. The fraction of sp³-hybridized carbons (Fsp3) is 0.400. The fourth-order valence-electron chi connectivity index (χ4n) is 1.20. The quantitative estimate of drug-likeness (QED) is 0.633. The summed E-state index contributed by atoms with van der Waals surface area (Å²) in [6, 6.07) is 1.40. The SMILES string of the molecule is CCOC(=O)Cc1cc(Br)ncc1C(F)F. The average molecular weight is 294 g/mol. The van der Waals surface area contributed by atoms with E-state index in [1.807, 2.05) is 0 Å². The van der Waals surface area contributed by atoms with Crippen LogP contribution in [0.4, 0.5) is 8.78 Å². The number of ether oxygens (including phenoxy) is 1. The molecule has 0 fully saturated rings. The Hall–Kier alpha value is -1.04. The first-order chi connectivity index (χ1) is 7.54. The van der Waals surface area contributed by atoms with E-state index in [1.54, 1.807) is 6.92 Å². The molecule has 0 aliphatic rings. The maximum atomic E-state index is 12.6. The normalized spacial score (nSPS) is 10.6. The summed E-state index contributed by atoms with van der Waals surface area (Å²) < 4.78 is 30.3. The minimum absolute atomic E-state index is 0.172. The molecular formula is C10H10BrF2NO2. The third-order valence-electron chi connectivity index (χ3n) is 1.87. The number of aromatic nitrogens is 1. The van der Waals surface area contributed by atoms with Gasteiger partial charge >= 0.3 is 5.97 Å². The number of nitrogens with zero attached hydrogens (tertiary/aromatic N) is 1. The summed E-state index contributed by atoms with van der Waals surface area (Å²) >= 11 is 3.07. The Labute approximate surface area is 99.9 Å². The van der Waals surface area contributed by atoms with Gasteiger partial charge in [-0.15, -0.1) is 0 Å². The van der Waals surface area contributed by atoms with Crippen LogP contribution in [0, 0.1) is 0 Å².